The van der Waals surface area contributed by atoms with Gasteiger partial charge in [0, 0.05) is 5.56 Å². The number of rotatable bonds is 2. The highest BCUT2D eigenvalue weighted by atomic mass is 19.3. The minimum absolute atomic E-state index is 0.00292. The van der Waals surface area contributed by atoms with Crippen LogP contribution in [0.4, 0.5) is 8.78 Å². The van der Waals surface area contributed by atoms with Crippen LogP contribution < -0.4 is 0 Å². The molecule has 0 unspecified atom stereocenters. The minimum atomic E-state index is -2.73. The van der Waals surface area contributed by atoms with Crippen LogP contribution in [0.2, 0.25) is 0 Å². The molecule has 84 valence electrons. The molecule has 0 saturated carbocycles. The Balaban J connectivity index is 3.43. The van der Waals surface area contributed by atoms with E-state index in [0.717, 1.165) is 19.2 Å². The van der Waals surface area contributed by atoms with Crippen molar-refractivity contribution in [1.29, 1.82) is 5.26 Å². The Labute approximate surface area is 91.3 Å². The average molecular weight is 225 g/mol. The zero-order valence-corrected chi connectivity index (χ0v) is 8.75. The van der Waals surface area contributed by atoms with Gasteiger partial charge in [-0.3, -0.25) is 0 Å². The Hall–Kier alpha value is -1.96. The van der Waals surface area contributed by atoms with Crippen LogP contribution in [0.25, 0.3) is 0 Å². The van der Waals surface area contributed by atoms with Crippen molar-refractivity contribution in [2.75, 3.05) is 7.11 Å². The molecule has 0 radical (unpaired) electrons. The highest BCUT2D eigenvalue weighted by Crippen LogP contribution is 2.24. The summed E-state index contributed by atoms with van der Waals surface area (Å²) >= 11 is 0. The van der Waals surface area contributed by atoms with Gasteiger partial charge in [0.05, 0.1) is 24.3 Å². The molecule has 0 aliphatic rings. The second-order valence-corrected chi connectivity index (χ2v) is 3.15. The Morgan fingerprint density at radius 2 is 2.12 bits per heavy atom. The number of carbonyl (C=O) groups is 1. The van der Waals surface area contributed by atoms with E-state index in [1.807, 2.05) is 0 Å². The summed E-state index contributed by atoms with van der Waals surface area (Å²) in [6.45, 7) is 1.51. The second kappa shape index (κ2) is 4.71. The van der Waals surface area contributed by atoms with Crippen LogP contribution in [0.1, 0.15) is 33.5 Å². The first kappa shape index (κ1) is 12.1. The number of carbonyl (C=O) groups excluding carboxylic acids is 1. The predicted octanol–water partition coefficient (Wildman–Crippen LogP) is 2.59. The summed E-state index contributed by atoms with van der Waals surface area (Å²) in [4.78, 5) is 11.3. The van der Waals surface area contributed by atoms with Crippen LogP contribution in [0, 0.1) is 18.3 Å². The zero-order chi connectivity index (χ0) is 12.3. The lowest BCUT2D eigenvalue weighted by Crippen LogP contribution is -2.06. The van der Waals surface area contributed by atoms with E-state index in [2.05, 4.69) is 4.74 Å². The fourth-order valence-electron chi connectivity index (χ4n) is 1.30. The number of alkyl halides is 2. The third-order valence-corrected chi connectivity index (χ3v) is 2.21. The number of hydrogen-bond acceptors (Lipinski definition) is 3. The van der Waals surface area contributed by atoms with E-state index in [4.69, 9.17) is 5.26 Å². The van der Waals surface area contributed by atoms with Gasteiger partial charge < -0.3 is 4.74 Å². The van der Waals surface area contributed by atoms with Crippen molar-refractivity contribution in [3.8, 4) is 6.07 Å². The van der Waals surface area contributed by atoms with Gasteiger partial charge in [-0.05, 0) is 24.6 Å². The fraction of sp³-hybridized carbons (Fsp3) is 0.273. The first-order valence-electron chi connectivity index (χ1n) is 4.42. The van der Waals surface area contributed by atoms with E-state index in [1.165, 1.54) is 6.92 Å². The van der Waals surface area contributed by atoms with Crippen LogP contribution in [0.5, 0.6) is 0 Å². The Morgan fingerprint density at radius 1 is 1.50 bits per heavy atom. The molecule has 0 bridgehead atoms. The molecule has 0 aromatic heterocycles. The summed E-state index contributed by atoms with van der Waals surface area (Å²) in [5.41, 5.74) is 0.0383. The van der Waals surface area contributed by atoms with Crippen LogP contribution in [-0.2, 0) is 4.74 Å². The van der Waals surface area contributed by atoms with Crippen LogP contribution in [-0.4, -0.2) is 13.1 Å². The zero-order valence-electron chi connectivity index (χ0n) is 8.75. The number of benzene rings is 1. The van der Waals surface area contributed by atoms with Crippen molar-refractivity contribution in [1.82, 2.24) is 0 Å². The molecule has 1 aromatic carbocycles. The van der Waals surface area contributed by atoms with Gasteiger partial charge in [0.25, 0.3) is 6.43 Å². The van der Waals surface area contributed by atoms with Gasteiger partial charge in [0.1, 0.15) is 0 Å². The van der Waals surface area contributed by atoms with Gasteiger partial charge in [-0.15, -0.1) is 0 Å². The van der Waals surface area contributed by atoms with Crippen molar-refractivity contribution in [2.24, 2.45) is 0 Å². The molecular formula is C11H9F2NO2. The molecular weight excluding hydrogens is 216 g/mol. The van der Waals surface area contributed by atoms with Crippen LogP contribution >= 0.6 is 0 Å². The predicted molar refractivity (Wildman–Crippen MR) is 52.2 cm³/mol. The number of esters is 1. The maximum atomic E-state index is 12.5. The lowest BCUT2D eigenvalue weighted by molar-refractivity contribution is 0.0599. The molecule has 0 aliphatic heterocycles. The SMILES string of the molecule is COC(=O)c1cc(C(F)F)cc(C#N)c1C. The highest BCUT2D eigenvalue weighted by molar-refractivity contribution is 5.92. The van der Waals surface area contributed by atoms with Crippen molar-refractivity contribution in [3.63, 3.8) is 0 Å². The average Bonchev–Trinajstić information content (AvgIpc) is 2.28. The van der Waals surface area contributed by atoms with Crippen molar-refractivity contribution >= 4 is 5.97 Å². The smallest absolute Gasteiger partial charge is 0.338 e. The van der Waals surface area contributed by atoms with E-state index in [0.29, 0.717) is 5.56 Å². The molecule has 1 aromatic rings. The molecule has 5 heteroatoms. The third kappa shape index (κ3) is 2.16. The monoisotopic (exact) mass is 225 g/mol. The molecule has 0 amide bonds. The normalized spacial score (nSPS) is 10.0. The molecule has 0 fully saturated rings. The minimum Gasteiger partial charge on any atom is -0.465 e. The molecule has 0 heterocycles. The topological polar surface area (TPSA) is 50.1 Å². The van der Waals surface area contributed by atoms with E-state index in [-0.39, 0.29) is 16.7 Å². The molecule has 3 nitrogen and oxygen atoms in total. The molecule has 0 saturated heterocycles. The number of hydrogen-bond donors (Lipinski definition) is 0. The summed E-state index contributed by atoms with van der Waals surface area (Å²) in [6.07, 6.45) is -2.73. The van der Waals surface area contributed by atoms with E-state index in [9.17, 15) is 13.6 Å². The van der Waals surface area contributed by atoms with Gasteiger partial charge in [-0.25, -0.2) is 13.6 Å². The first-order chi connectivity index (χ1) is 7.51. The van der Waals surface area contributed by atoms with Gasteiger partial charge in [0.2, 0.25) is 0 Å². The molecule has 0 N–H and O–H groups in total. The van der Waals surface area contributed by atoms with E-state index < -0.39 is 12.4 Å². The van der Waals surface area contributed by atoms with Gasteiger partial charge in [-0.1, -0.05) is 0 Å². The van der Waals surface area contributed by atoms with Crippen molar-refractivity contribution in [2.45, 2.75) is 13.3 Å². The molecule has 1 rings (SSSR count). The summed E-state index contributed by atoms with van der Waals surface area (Å²) in [6, 6.07) is 3.89. The van der Waals surface area contributed by atoms with E-state index >= 15 is 0 Å². The fourth-order valence-corrected chi connectivity index (χ4v) is 1.30. The summed E-state index contributed by atoms with van der Waals surface area (Å²) in [5.74, 6) is -0.725. The molecule has 0 aliphatic carbocycles. The number of methoxy groups -OCH3 is 1. The Kier molecular flexibility index (Phi) is 3.56. The summed E-state index contributed by atoms with van der Waals surface area (Å²) in [5, 5.41) is 8.76. The number of halogens is 2. The van der Waals surface area contributed by atoms with Crippen LogP contribution in [0.15, 0.2) is 12.1 Å². The largest absolute Gasteiger partial charge is 0.465 e. The Morgan fingerprint density at radius 3 is 2.56 bits per heavy atom. The number of nitriles is 1. The lowest BCUT2D eigenvalue weighted by atomic mass is 9.99. The third-order valence-electron chi connectivity index (χ3n) is 2.21. The van der Waals surface area contributed by atoms with Crippen LogP contribution in [0.3, 0.4) is 0 Å². The summed E-state index contributed by atoms with van der Waals surface area (Å²) in [7, 11) is 1.16. The van der Waals surface area contributed by atoms with Gasteiger partial charge >= 0.3 is 5.97 Å². The van der Waals surface area contributed by atoms with Crippen molar-refractivity contribution in [3.05, 3.63) is 34.4 Å². The molecule has 16 heavy (non-hydrogen) atoms. The maximum absolute atomic E-state index is 12.5. The van der Waals surface area contributed by atoms with Gasteiger partial charge in [-0.2, -0.15) is 5.26 Å². The van der Waals surface area contributed by atoms with Crippen molar-refractivity contribution < 1.29 is 18.3 Å². The molecule has 0 spiro atoms. The molecule has 0 atom stereocenters. The maximum Gasteiger partial charge on any atom is 0.338 e. The number of nitrogens with zero attached hydrogens (tertiary/aromatic N) is 1. The summed E-state index contributed by atoms with van der Waals surface area (Å²) < 4.78 is 29.5. The Bertz CT molecular complexity index is 464. The highest BCUT2D eigenvalue weighted by Gasteiger charge is 2.17. The standard InChI is InChI=1S/C11H9F2NO2/c1-6-8(5-14)3-7(10(12)13)4-9(6)11(15)16-2/h3-4,10H,1-2H3. The van der Waals surface area contributed by atoms with Gasteiger partial charge in [0.15, 0.2) is 0 Å². The van der Waals surface area contributed by atoms with E-state index in [1.54, 1.807) is 6.07 Å². The first-order valence-corrected chi connectivity index (χ1v) is 4.42. The quantitative estimate of drug-likeness (QED) is 0.727. The second-order valence-electron chi connectivity index (χ2n) is 3.15. The lowest BCUT2D eigenvalue weighted by Gasteiger charge is -2.08. The number of ether oxygens (including phenoxy) is 1.